The van der Waals surface area contributed by atoms with Crippen LogP contribution < -0.4 is 0 Å². The highest BCUT2D eigenvalue weighted by atomic mass is 16.5. The molecule has 0 amide bonds. The van der Waals surface area contributed by atoms with Gasteiger partial charge in [-0.15, -0.1) is 0 Å². The Morgan fingerprint density at radius 1 is 0.960 bits per heavy atom. The lowest BCUT2D eigenvalue weighted by Gasteiger charge is -2.09. The summed E-state index contributed by atoms with van der Waals surface area (Å²) >= 11 is 0. The van der Waals surface area contributed by atoms with Crippen LogP contribution in [-0.4, -0.2) is 9.78 Å². The summed E-state index contributed by atoms with van der Waals surface area (Å²) in [5.41, 5.74) is 4.45. The second-order valence-corrected chi connectivity index (χ2v) is 5.57. The minimum absolute atomic E-state index is 0.276. The molecule has 0 saturated heterocycles. The van der Waals surface area contributed by atoms with E-state index >= 15 is 0 Å². The zero-order chi connectivity index (χ0) is 17.6. The van der Waals surface area contributed by atoms with Gasteiger partial charge in [0.05, 0.1) is 47.5 Å². The number of para-hydroxylation sites is 1. The predicted molar refractivity (Wildman–Crippen MR) is 92.7 cm³/mol. The molecule has 0 aliphatic heterocycles. The van der Waals surface area contributed by atoms with E-state index in [1.807, 2.05) is 49.4 Å². The van der Waals surface area contributed by atoms with Gasteiger partial charge in [0.2, 0.25) is 0 Å². The van der Waals surface area contributed by atoms with Gasteiger partial charge in [0, 0.05) is 0 Å². The average molecular weight is 328 g/mol. The second-order valence-electron chi connectivity index (χ2n) is 5.57. The van der Waals surface area contributed by atoms with E-state index in [4.69, 9.17) is 10.00 Å². The molecule has 0 aliphatic rings. The first-order valence-electron chi connectivity index (χ1n) is 7.83. The second kappa shape index (κ2) is 7.44. The van der Waals surface area contributed by atoms with E-state index in [1.54, 1.807) is 16.8 Å². The highest BCUT2D eigenvalue weighted by Crippen LogP contribution is 2.19. The predicted octanol–water partition coefficient (Wildman–Crippen LogP) is 3.64. The zero-order valence-corrected chi connectivity index (χ0v) is 13.8. The Balaban J connectivity index is 1.79. The normalized spacial score (nSPS) is 10.2. The molecular formula is C20H16N4O. The van der Waals surface area contributed by atoms with E-state index in [-0.39, 0.29) is 6.61 Å². The molecule has 122 valence electrons. The number of benzene rings is 2. The van der Waals surface area contributed by atoms with Crippen molar-refractivity contribution in [2.45, 2.75) is 20.1 Å². The summed E-state index contributed by atoms with van der Waals surface area (Å²) in [5.74, 6) is 0. The quantitative estimate of drug-likeness (QED) is 0.716. The maximum Gasteiger partial charge on any atom is 0.103 e. The van der Waals surface area contributed by atoms with Crippen molar-refractivity contribution in [3.63, 3.8) is 0 Å². The lowest BCUT2D eigenvalue weighted by atomic mass is 10.1. The van der Waals surface area contributed by atoms with Crippen molar-refractivity contribution in [2.75, 3.05) is 0 Å². The summed E-state index contributed by atoms with van der Waals surface area (Å²) in [6.07, 6.45) is 0. The van der Waals surface area contributed by atoms with Gasteiger partial charge in [-0.2, -0.15) is 15.6 Å². The first-order chi connectivity index (χ1) is 12.2. The molecule has 0 unspecified atom stereocenters. The van der Waals surface area contributed by atoms with Crippen molar-refractivity contribution >= 4 is 0 Å². The third kappa shape index (κ3) is 3.58. The molecule has 1 aromatic heterocycles. The number of aryl methyl sites for hydroxylation is 1. The number of hydrogen-bond acceptors (Lipinski definition) is 4. The van der Waals surface area contributed by atoms with E-state index in [9.17, 15) is 5.26 Å². The molecule has 0 atom stereocenters. The van der Waals surface area contributed by atoms with Crippen LogP contribution in [0.5, 0.6) is 0 Å². The van der Waals surface area contributed by atoms with Crippen molar-refractivity contribution in [3.8, 4) is 17.8 Å². The summed E-state index contributed by atoms with van der Waals surface area (Å²) < 4.78 is 7.56. The highest BCUT2D eigenvalue weighted by Gasteiger charge is 2.16. The van der Waals surface area contributed by atoms with Gasteiger partial charge in [-0.25, -0.2) is 4.68 Å². The smallest absolute Gasteiger partial charge is 0.103 e. The molecule has 0 bridgehead atoms. The number of aromatic nitrogens is 2. The molecule has 0 radical (unpaired) electrons. The molecule has 0 N–H and O–H groups in total. The molecule has 5 nitrogen and oxygen atoms in total. The molecule has 2 aromatic carbocycles. The van der Waals surface area contributed by atoms with Crippen LogP contribution in [0.2, 0.25) is 0 Å². The summed E-state index contributed by atoms with van der Waals surface area (Å²) in [6, 6.07) is 21.2. The Labute approximate surface area is 146 Å². The fourth-order valence-corrected chi connectivity index (χ4v) is 2.58. The van der Waals surface area contributed by atoms with Gasteiger partial charge in [-0.05, 0) is 36.8 Å². The van der Waals surface area contributed by atoms with Crippen molar-refractivity contribution in [2.24, 2.45) is 0 Å². The molecule has 0 aliphatic carbocycles. The number of rotatable bonds is 5. The van der Waals surface area contributed by atoms with Crippen LogP contribution in [-0.2, 0) is 18.0 Å². The summed E-state index contributed by atoms with van der Waals surface area (Å²) in [6.45, 7) is 2.50. The molecule has 25 heavy (non-hydrogen) atoms. The van der Waals surface area contributed by atoms with E-state index < -0.39 is 0 Å². The number of ether oxygens (including phenoxy) is 1. The fraction of sp³-hybridized carbons (Fsp3) is 0.150. The number of nitriles is 2. The van der Waals surface area contributed by atoms with Crippen molar-refractivity contribution < 1.29 is 4.74 Å². The van der Waals surface area contributed by atoms with E-state index in [0.717, 1.165) is 16.9 Å². The lowest BCUT2D eigenvalue weighted by molar-refractivity contribution is 0.103. The highest BCUT2D eigenvalue weighted by molar-refractivity contribution is 5.43. The van der Waals surface area contributed by atoms with Gasteiger partial charge in [0.1, 0.15) is 6.07 Å². The Morgan fingerprint density at radius 3 is 2.32 bits per heavy atom. The van der Waals surface area contributed by atoms with Crippen LogP contribution >= 0.6 is 0 Å². The maximum absolute atomic E-state index is 9.44. The molecule has 1 heterocycles. The number of nitrogens with zero attached hydrogens (tertiary/aromatic N) is 4. The molecule has 5 heteroatoms. The van der Waals surface area contributed by atoms with Gasteiger partial charge < -0.3 is 4.74 Å². The Bertz CT molecular complexity index is 944. The van der Waals surface area contributed by atoms with Crippen LogP contribution in [0.1, 0.15) is 28.1 Å². The fourth-order valence-electron chi connectivity index (χ4n) is 2.58. The molecule has 3 aromatic rings. The first-order valence-corrected chi connectivity index (χ1v) is 7.83. The molecule has 0 spiro atoms. The van der Waals surface area contributed by atoms with Gasteiger partial charge in [-0.3, -0.25) is 0 Å². The van der Waals surface area contributed by atoms with Crippen molar-refractivity contribution in [1.82, 2.24) is 9.78 Å². The van der Waals surface area contributed by atoms with E-state index in [1.165, 1.54) is 0 Å². The molecule has 0 saturated carbocycles. The lowest BCUT2D eigenvalue weighted by Crippen LogP contribution is -2.05. The van der Waals surface area contributed by atoms with Crippen molar-refractivity contribution in [1.29, 1.82) is 10.5 Å². The average Bonchev–Trinajstić information content (AvgIpc) is 2.98. The Morgan fingerprint density at radius 2 is 1.68 bits per heavy atom. The van der Waals surface area contributed by atoms with Crippen LogP contribution in [0.25, 0.3) is 5.69 Å². The third-order valence-electron chi connectivity index (χ3n) is 3.86. The SMILES string of the molecule is Cc1nn(-c2ccccc2)c(COCc2ccc(C#N)cc2)c1C#N. The van der Waals surface area contributed by atoms with Crippen LogP contribution in [0.4, 0.5) is 0 Å². The Hall–Kier alpha value is -3.41. The van der Waals surface area contributed by atoms with Gasteiger partial charge in [0.15, 0.2) is 0 Å². The topological polar surface area (TPSA) is 74.6 Å². The summed E-state index contributed by atoms with van der Waals surface area (Å²) in [7, 11) is 0. The van der Waals surface area contributed by atoms with Crippen LogP contribution in [0.15, 0.2) is 54.6 Å². The molecule has 0 fully saturated rings. The first kappa shape index (κ1) is 16.4. The van der Waals surface area contributed by atoms with E-state index in [2.05, 4.69) is 17.2 Å². The summed E-state index contributed by atoms with van der Waals surface area (Å²) in [4.78, 5) is 0. The Kier molecular flexibility index (Phi) is 4.89. The minimum Gasteiger partial charge on any atom is -0.370 e. The molecule has 3 rings (SSSR count). The zero-order valence-electron chi connectivity index (χ0n) is 13.8. The van der Waals surface area contributed by atoms with Crippen LogP contribution in [0.3, 0.4) is 0 Å². The largest absolute Gasteiger partial charge is 0.370 e. The van der Waals surface area contributed by atoms with Crippen LogP contribution in [0, 0.1) is 29.6 Å². The standard InChI is InChI=1S/C20H16N4O/c1-15-19(12-22)20(24(23-15)18-5-3-2-4-6-18)14-25-13-17-9-7-16(11-21)8-10-17/h2-10H,13-14H2,1H3. The van der Waals surface area contributed by atoms with E-state index in [0.29, 0.717) is 23.4 Å². The molecular weight excluding hydrogens is 312 g/mol. The monoisotopic (exact) mass is 328 g/mol. The van der Waals surface area contributed by atoms with Gasteiger partial charge in [-0.1, -0.05) is 30.3 Å². The summed E-state index contributed by atoms with van der Waals surface area (Å²) in [5, 5.41) is 22.8. The minimum atomic E-state index is 0.276. The third-order valence-corrected chi connectivity index (χ3v) is 3.86. The van der Waals surface area contributed by atoms with Crippen molar-refractivity contribution in [3.05, 3.63) is 82.7 Å². The van der Waals surface area contributed by atoms with Gasteiger partial charge in [0.25, 0.3) is 0 Å². The van der Waals surface area contributed by atoms with Gasteiger partial charge >= 0.3 is 0 Å². The maximum atomic E-state index is 9.44. The number of hydrogen-bond donors (Lipinski definition) is 0.